The summed E-state index contributed by atoms with van der Waals surface area (Å²) in [5.74, 6) is 0.573. The van der Waals surface area contributed by atoms with Crippen LogP contribution < -0.4 is 5.73 Å². The van der Waals surface area contributed by atoms with E-state index >= 15 is 0 Å². The number of likely N-dealkylation sites (tertiary alicyclic amines) is 1. The number of nitrogens with two attached hydrogens (primary N) is 1. The minimum absolute atomic E-state index is 0.454. The zero-order valence-electron chi connectivity index (χ0n) is 11.1. The Bertz CT molecular complexity index is 346. The molecule has 4 heteroatoms. The van der Waals surface area contributed by atoms with E-state index in [1.807, 2.05) is 12.5 Å². The van der Waals surface area contributed by atoms with Crippen molar-refractivity contribution in [2.24, 2.45) is 11.7 Å². The van der Waals surface area contributed by atoms with Crippen molar-refractivity contribution in [3.8, 4) is 0 Å². The summed E-state index contributed by atoms with van der Waals surface area (Å²) in [7, 11) is 0. The van der Waals surface area contributed by atoms with E-state index in [1.54, 1.807) is 0 Å². The van der Waals surface area contributed by atoms with Gasteiger partial charge in [-0.05, 0) is 45.8 Å². The molecule has 0 amide bonds. The van der Waals surface area contributed by atoms with Gasteiger partial charge in [-0.25, -0.2) is 4.98 Å². The summed E-state index contributed by atoms with van der Waals surface area (Å²) < 4.78 is 2.28. The van der Waals surface area contributed by atoms with Gasteiger partial charge in [-0.2, -0.15) is 0 Å². The lowest BCUT2D eigenvalue weighted by atomic mass is 9.98. The van der Waals surface area contributed by atoms with Crippen LogP contribution in [0.25, 0.3) is 0 Å². The molecule has 0 saturated carbocycles. The highest BCUT2D eigenvalue weighted by Crippen LogP contribution is 2.36. The number of hydrogen-bond acceptors (Lipinski definition) is 3. The molecule has 0 aliphatic carbocycles. The lowest BCUT2D eigenvalue weighted by molar-refractivity contribution is 0.229. The third-order valence-corrected chi connectivity index (χ3v) is 3.89. The summed E-state index contributed by atoms with van der Waals surface area (Å²) in [5.41, 5.74) is 7.25. The zero-order chi connectivity index (χ0) is 12.4. The van der Waals surface area contributed by atoms with Crippen LogP contribution in [0.3, 0.4) is 0 Å². The molecule has 0 aromatic carbocycles. The molecule has 2 unspecified atom stereocenters. The summed E-state index contributed by atoms with van der Waals surface area (Å²) >= 11 is 0. The quantitative estimate of drug-likeness (QED) is 0.867. The van der Waals surface area contributed by atoms with Gasteiger partial charge >= 0.3 is 0 Å². The van der Waals surface area contributed by atoms with Gasteiger partial charge in [-0.3, -0.25) is 4.90 Å². The zero-order valence-corrected chi connectivity index (χ0v) is 11.1. The first-order valence-corrected chi connectivity index (χ1v) is 6.64. The minimum Gasteiger partial charge on any atom is -0.331 e. The fourth-order valence-electron chi connectivity index (χ4n) is 2.93. The SMILES string of the molecule is CCN1CCC(CN)C1c1cncn1C(C)C. The number of nitrogens with zero attached hydrogens (tertiary/aromatic N) is 3. The van der Waals surface area contributed by atoms with Crippen molar-refractivity contribution in [2.45, 2.75) is 39.3 Å². The van der Waals surface area contributed by atoms with Crippen LogP contribution in [0.15, 0.2) is 12.5 Å². The van der Waals surface area contributed by atoms with Crippen molar-refractivity contribution in [2.75, 3.05) is 19.6 Å². The standard InChI is InChI=1S/C13H24N4/c1-4-16-6-5-11(7-14)13(16)12-8-15-9-17(12)10(2)3/h8-11,13H,4-7,14H2,1-3H3. The molecule has 96 valence electrons. The number of imidazole rings is 1. The van der Waals surface area contributed by atoms with Gasteiger partial charge in [0.15, 0.2) is 0 Å². The molecule has 1 fully saturated rings. The molecule has 2 N–H and O–H groups in total. The van der Waals surface area contributed by atoms with Gasteiger partial charge in [-0.1, -0.05) is 6.92 Å². The van der Waals surface area contributed by atoms with Crippen LogP contribution in [0, 0.1) is 5.92 Å². The van der Waals surface area contributed by atoms with Gasteiger partial charge in [0.2, 0.25) is 0 Å². The molecule has 1 aliphatic heterocycles. The second-order valence-electron chi connectivity index (χ2n) is 5.18. The maximum Gasteiger partial charge on any atom is 0.0951 e. The molecular formula is C13H24N4. The first-order chi connectivity index (χ1) is 8.19. The van der Waals surface area contributed by atoms with Crippen LogP contribution in [0.4, 0.5) is 0 Å². The Hall–Kier alpha value is -0.870. The van der Waals surface area contributed by atoms with Crippen molar-refractivity contribution >= 4 is 0 Å². The second-order valence-corrected chi connectivity index (χ2v) is 5.18. The van der Waals surface area contributed by atoms with Crippen molar-refractivity contribution < 1.29 is 0 Å². The Balaban J connectivity index is 2.31. The Kier molecular flexibility index (Phi) is 3.84. The number of hydrogen-bond donors (Lipinski definition) is 1. The maximum absolute atomic E-state index is 5.92. The molecular weight excluding hydrogens is 212 g/mol. The minimum atomic E-state index is 0.454. The maximum atomic E-state index is 5.92. The van der Waals surface area contributed by atoms with Gasteiger partial charge in [0.1, 0.15) is 0 Å². The Labute approximate surface area is 104 Å². The van der Waals surface area contributed by atoms with E-state index in [2.05, 4.69) is 35.2 Å². The van der Waals surface area contributed by atoms with E-state index in [4.69, 9.17) is 5.73 Å². The van der Waals surface area contributed by atoms with E-state index in [-0.39, 0.29) is 0 Å². The predicted molar refractivity (Wildman–Crippen MR) is 69.8 cm³/mol. The predicted octanol–water partition coefficient (Wildman–Crippen LogP) is 1.81. The van der Waals surface area contributed by atoms with Crippen molar-refractivity contribution in [1.82, 2.24) is 14.5 Å². The van der Waals surface area contributed by atoms with Crippen LogP contribution >= 0.6 is 0 Å². The fraction of sp³-hybridized carbons (Fsp3) is 0.769. The molecule has 4 nitrogen and oxygen atoms in total. The third kappa shape index (κ3) is 2.24. The summed E-state index contributed by atoms with van der Waals surface area (Å²) in [5, 5.41) is 0. The van der Waals surface area contributed by atoms with Gasteiger partial charge in [0.05, 0.1) is 18.1 Å². The number of aromatic nitrogens is 2. The highest BCUT2D eigenvalue weighted by Gasteiger charge is 2.35. The average molecular weight is 236 g/mol. The van der Waals surface area contributed by atoms with E-state index < -0.39 is 0 Å². The van der Waals surface area contributed by atoms with E-state index in [0.29, 0.717) is 18.0 Å². The number of rotatable bonds is 4. The topological polar surface area (TPSA) is 47.1 Å². The van der Waals surface area contributed by atoms with Crippen molar-refractivity contribution in [3.63, 3.8) is 0 Å². The average Bonchev–Trinajstić information content (AvgIpc) is 2.93. The molecule has 0 radical (unpaired) electrons. The molecule has 2 atom stereocenters. The van der Waals surface area contributed by atoms with E-state index in [1.165, 1.54) is 12.1 Å². The summed E-state index contributed by atoms with van der Waals surface area (Å²) in [6, 6.07) is 0.917. The van der Waals surface area contributed by atoms with Crippen LogP contribution in [-0.4, -0.2) is 34.1 Å². The smallest absolute Gasteiger partial charge is 0.0951 e. The van der Waals surface area contributed by atoms with Gasteiger partial charge in [0.25, 0.3) is 0 Å². The van der Waals surface area contributed by atoms with Gasteiger partial charge in [-0.15, -0.1) is 0 Å². The molecule has 2 heterocycles. The first kappa shape index (κ1) is 12.6. The van der Waals surface area contributed by atoms with Gasteiger partial charge in [0, 0.05) is 12.2 Å². The van der Waals surface area contributed by atoms with Gasteiger partial charge < -0.3 is 10.3 Å². The Morgan fingerprint density at radius 1 is 1.53 bits per heavy atom. The largest absolute Gasteiger partial charge is 0.331 e. The molecule has 1 aromatic heterocycles. The molecule has 2 rings (SSSR count). The second kappa shape index (κ2) is 5.19. The van der Waals surface area contributed by atoms with Crippen LogP contribution in [0.1, 0.15) is 45.0 Å². The first-order valence-electron chi connectivity index (χ1n) is 6.64. The van der Waals surface area contributed by atoms with E-state index in [0.717, 1.165) is 19.6 Å². The highest BCUT2D eigenvalue weighted by molar-refractivity contribution is 5.11. The monoisotopic (exact) mass is 236 g/mol. The summed E-state index contributed by atoms with van der Waals surface area (Å²) in [6.07, 6.45) is 5.17. The molecule has 1 saturated heterocycles. The third-order valence-electron chi connectivity index (χ3n) is 3.89. The lowest BCUT2D eigenvalue weighted by Gasteiger charge is -2.28. The van der Waals surface area contributed by atoms with Crippen LogP contribution in [0.2, 0.25) is 0 Å². The van der Waals surface area contributed by atoms with Crippen molar-refractivity contribution in [1.29, 1.82) is 0 Å². The normalized spacial score (nSPS) is 25.9. The lowest BCUT2D eigenvalue weighted by Crippen LogP contribution is -2.30. The molecule has 1 aliphatic rings. The molecule has 1 aromatic rings. The molecule has 17 heavy (non-hydrogen) atoms. The molecule has 0 spiro atoms. The van der Waals surface area contributed by atoms with Crippen LogP contribution in [0.5, 0.6) is 0 Å². The van der Waals surface area contributed by atoms with E-state index in [9.17, 15) is 0 Å². The summed E-state index contributed by atoms with van der Waals surface area (Å²) in [6.45, 7) is 9.64. The summed E-state index contributed by atoms with van der Waals surface area (Å²) in [4.78, 5) is 6.84. The molecule has 0 bridgehead atoms. The Morgan fingerprint density at radius 3 is 2.88 bits per heavy atom. The highest BCUT2D eigenvalue weighted by atomic mass is 15.2. The fourth-order valence-corrected chi connectivity index (χ4v) is 2.93. The van der Waals surface area contributed by atoms with Crippen LogP contribution in [-0.2, 0) is 0 Å². The Morgan fingerprint density at radius 2 is 2.29 bits per heavy atom. The van der Waals surface area contributed by atoms with Crippen molar-refractivity contribution in [3.05, 3.63) is 18.2 Å².